The number of phenolic OH excluding ortho intramolecular Hbond substituents is 1. The van der Waals surface area contributed by atoms with E-state index in [1.807, 2.05) is 24.3 Å². The van der Waals surface area contributed by atoms with Crippen LogP contribution in [0.5, 0.6) is 11.5 Å². The number of nitrogens with zero attached hydrogens (tertiary/aromatic N) is 3. The summed E-state index contributed by atoms with van der Waals surface area (Å²) in [6.07, 6.45) is 1.49. The zero-order valence-electron chi connectivity index (χ0n) is 16.9. The number of aromatic nitrogens is 2. The second-order valence-electron chi connectivity index (χ2n) is 6.99. The second-order valence-corrected chi connectivity index (χ2v) is 7.42. The third-order valence-corrected chi connectivity index (χ3v) is 5.23. The van der Waals surface area contributed by atoms with Gasteiger partial charge in [0.15, 0.2) is 17.3 Å². The Balaban J connectivity index is 1.68. The molecule has 0 radical (unpaired) electrons. The van der Waals surface area contributed by atoms with Gasteiger partial charge in [0, 0.05) is 27.4 Å². The maximum absolute atomic E-state index is 9.92. The maximum atomic E-state index is 9.92. The quantitative estimate of drug-likeness (QED) is 0.363. The number of halogens is 1. The molecule has 2 aromatic heterocycles. The lowest BCUT2D eigenvalue weighted by molar-refractivity contribution is 0.373. The number of hydrogen-bond donors (Lipinski definition) is 2. The standard InChI is InChI=1S/C24H17ClN4O3/c1-31-23-10-14(6-8-20(23)30)22-12-19(17-11-15(25)7-9-21(17)32-22)28-29-24-16-4-2-3-5-18(16)26-13-27-24/h2-13,30H,1H3,(H,26,27,29). The minimum Gasteiger partial charge on any atom is -0.504 e. The van der Waals surface area contributed by atoms with Gasteiger partial charge in [0.1, 0.15) is 17.7 Å². The fraction of sp³-hybridized carbons (Fsp3) is 0.0417. The van der Waals surface area contributed by atoms with Gasteiger partial charge in [0.25, 0.3) is 0 Å². The number of fused-ring (bicyclic) bond motifs is 2. The van der Waals surface area contributed by atoms with Gasteiger partial charge < -0.3 is 14.3 Å². The van der Waals surface area contributed by atoms with Crippen molar-refractivity contribution in [2.45, 2.75) is 0 Å². The number of phenols is 1. The van der Waals surface area contributed by atoms with Crippen LogP contribution in [0, 0.1) is 0 Å². The molecule has 7 nitrogen and oxygen atoms in total. The Hall–Kier alpha value is -4.10. The molecular formula is C24H17ClN4O3. The van der Waals surface area contributed by atoms with Crippen molar-refractivity contribution < 1.29 is 14.3 Å². The molecule has 0 aliphatic carbocycles. The van der Waals surface area contributed by atoms with Gasteiger partial charge in [-0.05, 0) is 48.5 Å². The highest BCUT2D eigenvalue weighted by atomic mass is 35.5. The average molecular weight is 445 g/mol. The molecule has 2 N–H and O–H groups in total. The van der Waals surface area contributed by atoms with Crippen LogP contribution in [0.15, 0.2) is 82.6 Å². The number of nitrogens with one attached hydrogen (secondary N) is 1. The third-order valence-electron chi connectivity index (χ3n) is 4.99. The molecule has 0 spiro atoms. The number of para-hydroxylation sites is 1. The Morgan fingerprint density at radius 2 is 1.88 bits per heavy atom. The molecule has 158 valence electrons. The number of ether oxygens (including phenoxy) is 1. The molecule has 0 aliphatic rings. The lowest BCUT2D eigenvalue weighted by atomic mass is 10.1. The van der Waals surface area contributed by atoms with Gasteiger partial charge in [-0.15, -0.1) is 0 Å². The molecular weight excluding hydrogens is 428 g/mol. The highest BCUT2D eigenvalue weighted by molar-refractivity contribution is 6.31. The van der Waals surface area contributed by atoms with Gasteiger partial charge in [0.2, 0.25) is 0 Å². The zero-order chi connectivity index (χ0) is 22.1. The van der Waals surface area contributed by atoms with Crippen LogP contribution in [0.25, 0.3) is 33.2 Å². The van der Waals surface area contributed by atoms with E-state index in [1.54, 1.807) is 42.5 Å². The highest BCUT2D eigenvalue weighted by Gasteiger charge is 2.10. The first-order chi connectivity index (χ1) is 15.6. The van der Waals surface area contributed by atoms with Gasteiger partial charge in [0.05, 0.1) is 18.0 Å². The number of hydrogen-bond acceptors (Lipinski definition) is 7. The van der Waals surface area contributed by atoms with E-state index in [9.17, 15) is 5.11 Å². The molecule has 5 rings (SSSR count). The molecule has 32 heavy (non-hydrogen) atoms. The van der Waals surface area contributed by atoms with E-state index in [1.165, 1.54) is 13.4 Å². The minimum atomic E-state index is 0.0473. The SMILES string of the molecule is COc1cc(-c2cc(=NNc3ncnc4ccccc34)c3cc(Cl)ccc3o2)ccc1O. The number of aromatic hydroxyl groups is 1. The van der Waals surface area contributed by atoms with E-state index in [4.69, 9.17) is 20.8 Å². The molecule has 0 aliphatic heterocycles. The number of benzene rings is 3. The first-order valence-electron chi connectivity index (χ1n) is 9.72. The average Bonchev–Trinajstić information content (AvgIpc) is 2.82. The monoisotopic (exact) mass is 444 g/mol. The first-order valence-corrected chi connectivity index (χ1v) is 10.1. The van der Waals surface area contributed by atoms with Crippen LogP contribution in [-0.2, 0) is 0 Å². The number of rotatable bonds is 4. The summed E-state index contributed by atoms with van der Waals surface area (Å²) in [6.45, 7) is 0. The van der Waals surface area contributed by atoms with Crippen molar-refractivity contribution in [2.24, 2.45) is 5.10 Å². The Labute approximate surface area is 187 Å². The summed E-state index contributed by atoms with van der Waals surface area (Å²) in [5.41, 5.74) is 5.19. The fourth-order valence-electron chi connectivity index (χ4n) is 3.41. The summed E-state index contributed by atoms with van der Waals surface area (Å²) in [4.78, 5) is 8.60. The molecule has 0 saturated heterocycles. The molecule has 5 aromatic rings. The van der Waals surface area contributed by atoms with Crippen molar-refractivity contribution in [2.75, 3.05) is 12.5 Å². The van der Waals surface area contributed by atoms with E-state index in [0.717, 1.165) is 21.9 Å². The van der Waals surface area contributed by atoms with Crippen LogP contribution in [0.1, 0.15) is 0 Å². The Bertz CT molecular complexity index is 1530. The molecule has 2 heterocycles. The molecule has 3 aromatic carbocycles. The predicted molar refractivity (Wildman–Crippen MR) is 124 cm³/mol. The van der Waals surface area contributed by atoms with E-state index < -0.39 is 0 Å². The lowest BCUT2D eigenvalue weighted by Gasteiger charge is -2.09. The van der Waals surface area contributed by atoms with Gasteiger partial charge in [-0.1, -0.05) is 23.7 Å². The summed E-state index contributed by atoms with van der Waals surface area (Å²) >= 11 is 6.23. The topological polar surface area (TPSA) is 92.8 Å². The maximum Gasteiger partial charge on any atom is 0.161 e. The summed E-state index contributed by atoms with van der Waals surface area (Å²) in [6, 6.07) is 19.8. The summed E-state index contributed by atoms with van der Waals surface area (Å²) in [7, 11) is 1.50. The molecule has 0 unspecified atom stereocenters. The second kappa shape index (κ2) is 8.20. The van der Waals surface area contributed by atoms with Crippen molar-refractivity contribution >= 4 is 39.3 Å². The summed E-state index contributed by atoms with van der Waals surface area (Å²) in [5, 5.41) is 17.3. The van der Waals surface area contributed by atoms with Crippen molar-refractivity contribution in [3.63, 3.8) is 0 Å². The highest BCUT2D eigenvalue weighted by Crippen LogP contribution is 2.32. The van der Waals surface area contributed by atoms with Gasteiger partial charge in [-0.25, -0.2) is 9.97 Å². The molecule has 0 bridgehead atoms. The van der Waals surface area contributed by atoms with E-state index >= 15 is 0 Å². The lowest BCUT2D eigenvalue weighted by Crippen LogP contribution is -2.08. The van der Waals surface area contributed by atoms with Crippen molar-refractivity contribution in [1.82, 2.24) is 9.97 Å². The molecule has 0 saturated carbocycles. The Morgan fingerprint density at radius 1 is 1.00 bits per heavy atom. The van der Waals surface area contributed by atoms with Gasteiger partial charge in [-0.3, -0.25) is 5.43 Å². The van der Waals surface area contributed by atoms with Crippen LogP contribution in [-0.4, -0.2) is 22.2 Å². The van der Waals surface area contributed by atoms with E-state index in [-0.39, 0.29) is 5.75 Å². The van der Waals surface area contributed by atoms with Crippen LogP contribution in [0.3, 0.4) is 0 Å². The third kappa shape index (κ3) is 3.70. The number of anilines is 1. The molecule has 8 heteroatoms. The van der Waals surface area contributed by atoms with Crippen molar-refractivity contribution in [1.29, 1.82) is 0 Å². The van der Waals surface area contributed by atoms with Crippen LogP contribution in [0.2, 0.25) is 5.02 Å². The van der Waals surface area contributed by atoms with E-state index in [0.29, 0.717) is 33.3 Å². The Kier molecular flexibility index (Phi) is 5.09. The van der Waals surface area contributed by atoms with Crippen molar-refractivity contribution in [3.05, 3.63) is 83.4 Å². The molecule has 0 fully saturated rings. The Morgan fingerprint density at radius 3 is 2.75 bits per heavy atom. The fourth-order valence-corrected chi connectivity index (χ4v) is 3.59. The normalized spacial score (nSPS) is 11.8. The minimum absolute atomic E-state index is 0.0473. The summed E-state index contributed by atoms with van der Waals surface area (Å²) < 4.78 is 11.3. The van der Waals surface area contributed by atoms with Gasteiger partial charge >= 0.3 is 0 Å². The first kappa shape index (κ1) is 19.8. The predicted octanol–water partition coefficient (Wildman–Crippen LogP) is 5.34. The van der Waals surface area contributed by atoms with Crippen LogP contribution < -0.4 is 15.5 Å². The summed E-state index contributed by atoms with van der Waals surface area (Å²) in [5.74, 6) is 1.52. The van der Waals surface area contributed by atoms with Crippen LogP contribution >= 0.6 is 11.6 Å². The largest absolute Gasteiger partial charge is 0.504 e. The van der Waals surface area contributed by atoms with E-state index in [2.05, 4.69) is 20.5 Å². The van der Waals surface area contributed by atoms with Gasteiger partial charge in [-0.2, -0.15) is 5.10 Å². The molecule has 0 atom stereocenters. The smallest absolute Gasteiger partial charge is 0.161 e. The zero-order valence-corrected chi connectivity index (χ0v) is 17.7. The number of methoxy groups -OCH3 is 1. The molecule has 0 amide bonds. The van der Waals surface area contributed by atoms with Crippen molar-refractivity contribution in [3.8, 4) is 22.8 Å². The van der Waals surface area contributed by atoms with Crippen LogP contribution in [0.4, 0.5) is 5.82 Å².